The molecule has 1 aliphatic rings. The number of nitrogens with zero attached hydrogens (tertiary/aromatic N) is 2. The molecule has 224 valence electrons. The highest BCUT2D eigenvalue weighted by atomic mass is 16.2. The minimum Gasteiger partial charge on any atom is -0.326 e. The van der Waals surface area contributed by atoms with E-state index in [-0.39, 0.29) is 35.5 Å². The summed E-state index contributed by atoms with van der Waals surface area (Å²) >= 11 is 0. The maximum atomic E-state index is 13.1. The van der Waals surface area contributed by atoms with E-state index < -0.39 is 0 Å². The molecule has 8 nitrogen and oxygen atoms in total. The fourth-order valence-electron chi connectivity index (χ4n) is 5.49. The van der Waals surface area contributed by atoms with E-state index in [2.05, 4.69) is 10.6 Å². The van der Waals surface area contributed by atoms with E-state index in [1.807, 2.05) is 60.7 Å². The zero-order valence-electron chi connectivity index (χ0n) is 24.9. The SMILES string of the molecule is CN(C(=O)c1cccc(NC(=O)C2CCC(C(=O)Nc3cccc(C(=O)N(C)c4ccccc4)c3)CC2)c1)c1ccccc1. The molecule has 0 spiro atoms. The second-order valence-electron chi connectivity index (χ2n) is 11.1. The first kappa shape index (κ1) is 30.2. The van der Waals surface area contributed by atoms with Gasteiger partial charge in [-0.05, 0) is 86.3 Å². The quantitative estimate of drug-likeness (QED) is 0.242. The summed E-state index contributed by atoms with van der Waals surface area (Å²) in [5.41, 5.74) is 3.65. The van der Waals surface area contributed by atoms with Crippen LogP contribution >= 0.6 is 0 Å². The van der Waals surface area contributed by atoms with Crippen molar-refractivity contribution >= 4 is 46.4 Å². The Balaban J connectivity index is 1.13. The second kappa shape index (κ2) is 13.8. The van der Waals surface area contributed by atoms with Gasteiger partial charge in [0.05, 0.1) is 0 Å². The molecular formula is C36H36N4O4. The number of amides is 4. The second-order valence-corrected chi connectivity index (χ2v) is 11.1. The maximum Gasteiger partial charge on any atom is 0.258 e. The molecule has 0 saturated heterocycles. The van der Waals surface area contributed by atoms with Gasteiger partial charge in [-0.25, -0.2) is 0 Å². The van der Waals surface area contributed by atoms with Crippen LogP contribution < -0.4 is 20.4 Å². The van der Waals surface area contributed by atoms with Gasteiger partial charge in [0.1, 0.15) is 0 Å². The molecule has 44 heavy (non-hydrogen) atoms. The molecule has 0 atom stereocenters. The summed E-state index contributed by atoms with van der Waals surface area (Å²) in [4.78, 5) is 55.3. The van der Waals surface area contributed by atoms with Crippen LogP contribution in [0.1, 0.15) is 46.4 Å². The Labute approximate surface area is 257 Å². The van der Waals surface area contributed by atoms with Crippen molar-refractivity contribution in [2.45, 2.75) is 25.7 Å². The zero-order valence-corrected chi connectivity index (χ0v) is 24.9. The van der Waals surface area contributed by atoms with Crippen LogP contribution in [-0.2, 0) is 9.59 Å². The Hall–Kier alpha value is -5.24. The lowest BCUT2D eigenvalue weighted by Crippen LogP contribution is -2.32. The van der Waals surface area contributed by atoms with Crippen LogP contribution in [0.4, 0.5) is 22.7 Å². The number of hydrogen-bond donors (Lipinski definition) is 2. The van der Waals surface area contributed by atoms with Crippen LogP contribution in [0.3, 0.4) is 0 Å². The topological polar surface area (TPSA) is 98.8 Å². The van der Waals surface area contributed by atoms with Gasteiger partial charge < -0.3 is 20.4 Å². The van der Waals surface area contributed by atoms with E-state index in [0.717, 1.165) is 11.4 Å². The highest BCUT2D eigenvalue weighted by Crippen LogP contribution is 2.31. The van der Waals surface area contributed by atoms with Crippen molar-refractivity contribution in [2.75, 3.05) is 34.5 Å². The van der Waals surface area contributed by atoms with Crippen LogP contribution in [0.15, 0.2) is 109 Å². The Morgan fingerprint density at radius 3 is 1.25 bits per heavy atom. The van der Waals surface area contributed by atoms with E-state index in [9.17, 15) is 19.2 Å². The lowest BCUT2D eigenvalue weighted by Gasteiger charge is -2.27. The number of rotatable bonds is 8. The summed E-state index contributed by atoms with van der Waals surface area (Å²) < 4.78 is 0. The van der Waals surface area contributed by atoms with Crippen molar-refractivity contribution < 1.29 is 19.2 Å². The largest absolute Gasteiger partial charge is 0.326 e. The third-order valence-corrected chi connectivity index (χ3v) is 8.12. The summed E-state index contributed by atoms with van der Waals surface area (Å²) in [5.74, 6) is -1.01. The molecule has 1 saturated carbocycles. The molecule has 4 amide bonds. The highest BCUT2D eigenvalue weighted by Gasteiger charge is 2.30. The summed E-state index contributed by atoms with van der Waals surface area (Å²) in [6.07, 6.45) is 2.33. The number of para-hydroxylation sites is 2. The van der Waals surface area contributed by atoms with E-state index in [4.69, 9.17) is 0 Å². The van der Waals surface area contributed by atoms with Gasteiger partial charge in [0.2, 0.25) is 11.8 Å². The zero-order chi connectivity index (χ0) is 31.1. The first-order chi connectivity index (χ1) is 21.3. The molecule has 0 radical (unpaired) electrons. The molecule has 2 N–H and O–H groups in total. The molecule has 0 aliphatic heterocycles. The standard InChI is InChI=1S/C36H36N4O4/c1-39(31-15-5-3-6-16-31)35(43)27-11-9-13-29(23-27)37-33(41)25-19-21-26(22-20-25)34(42)38-30-14-10-12-28(24-30)36(44)40(2)32-17-7-4-8-18-32/h3-18,23-26H,19-22H2,1-2H3,(H,37,41)(H,38,42). The molecule has 5 rings (SSSR count). The van der Waals surface area contributed by atoms with Gasteiger partial charge in [0.15, 0.2) is 0 Å². The molecule has 0 unspecified atom stereocenters. The Bertz CT molecular complexity index is 1510. The smallest absolute Gasteiger partial charge is 0.258 e. The van der Waals surface area contributed by atoms with Gasteiger partial charge >= 0.3 is 0 Å². The molecule has 1 aliphatic carbocycles. The molecule has 0 aromatic heterocycles. The Kier molecular flexibility index (Phi) is 9.49. The predicted molar refractivity (Wildman–Crippen MR) is 174 cm³/mol. The third kappa shape index (κ3) is 7.21. The fraction of sp³-hybridized carbons (Fsp3) is 0.222. The van der Waals surface area contributed by atoms with Gasteiger partial charge in [0.25, 0.3) is 11.8 Å². The number of hydrogen-bond acceptors (Lipinski definition) is 4. The number of benzene rings is 4. The number of carbonyl (C=O) groups is 4. The Morgan fingerprint density at radius 2 is 0.886 bits per heavy atom. The van der Waals surface area contributed by atoms with Gasteiger partial charge in [-0.3, -0.25) is 19.2 Å². The maximum absolute atomic E-state index is 13.1. The molecule has 0 bridgehead atoms. The number of nitrogens with one attached hydrogen (secondary N) is 2. The molecule has 0 heterocycles. The highest BCUT2D eigenvalue weighted by molar-refractivity contribution is 6.07. The first-order valence-electron chi connectivity index (χ1n) is 14.8. The van der Waals surface area contributed by atoms with Gasteiger partial charge in [0, 0.05) is 59.8 Å². The van der Waals surface area contributed by atoms with Crippen molar-refractivity contribution in [3.63, 3.8) is 0 Å². The van der Waals surface area contributed by atoms with E-state index >= 15 is 0 Å². The van der Waals surface area contributed by atoms with Crippen LogP contribution in [0.2, 0.25) is 0 Å². The first-order valence-corrected chi connectivity index (χ1v) is 14.8. The molecular weight excluding hydrogens is 552 g/mol. The fourth-order valence-corrected chi connectivity index (χ4v) is 5.49. The normalized spacial score (nSPS) is 16.0. The van der Waals surface area contributed by atoms with Crippen LogP contribution in [0.25, 0.3) is 0 Å². The van der Waals surface area contributed by atoms with Crippen molar-refractivity contribution in [1.82, 2.24) is 0 Å². The van der Waals surface area contributed by atoms with Crippen LogP contribution in [0.5, 0.6) is 0 Å². The molecule has 4 aromatic rings. The van der Waals surface area contributed by atoms with Gasteiger partial charge in [-0.15, -0.1) is 0 Å². The molecule has 1 fully saturated rings. The van der Waals surface area contributed by atoms with E-state index in [1.165, 1.54) is 0 Å². The van der Waals surface area contributed by atoms with Crippen molar-refractivity contribution in [3.8, 4) is 0 Å². The lowest BCUT2D eigenvalue weighted by molar-refractivity contribution is -0.125. The van der Waals surface area contributed by atoms with E-state index in [0.29, 0.717) is 48.2 Å². The molecule has 8 heteroatoms. The summed E-state index contributed by atoms with van der Waals surface area (Å²) in [5, 5.41) is 5.92. The monoisotopic (exact) mass is 588 g/mol. The summed E-state index contributed by atoms with van der Waals surface area (Å²) in [6.45, 7) is 0. The van der Waals surface area contributed by atoms with Gasteiger partial charge in [-0.2, -0.15) is 0 Å². The van der Waals surface area contributed by atoms with Crippen LogP contribution in [0, 0.1) is 11.8 Å². The summed E-state index contributed by atoms with van der Waals surface area (Å²) in [7, 11) is 3.44. The minimum atomic E-state index is -0.222. The van der Waals surface area contributed by atoms with Gasteiger partial charge in [-0.1, -0.05) is 48.5 Å². The third-order valence-electron chi connectivity index (χ3n) is 8.12. The summed E-state index contributed by atoms with van der Waals surface area (Å²) in [6, 6.07) is 32.6. The van der Waals surface area contributed by atoms with Crippen molar-refractivity contribution in [3.05, 3.63) is 120 Å². The van der Waals surface area contributed by atoms with Crippen molar-refractivity contribution in [1.29, 1.82) is 0 Å². The average Bonchev–Trinajstić information content (AvgIpc) is 3.08. The number of carbonyl (C=O) groups excluding carboxylic acids is 4. The minimum absolute atomic E-state index is 0.112. The van der Waals surface area contributed by atoms with Crippen molar-refractivity contribution in [2.24, 2.45) is 11.8 Å². The predicted octanol–water partition coefficient (Wildman–Crippen LogP) is 6.62. The molecule has 4 aromatic carbocycles. The Morgan fingerprint density at radius 1 is 0.523 bits per heavy atom. The average molecular weight is 589 g/mol. The van der Waals surface area contributed by atoms with E-state index in [1.54, 1.807) is 72.4 Å². The van der Waals surface area contributed by atoms with Crippen LogP contribution in [-0.4, -0.2) is 37.7 Å². The number of anilines is 4. The lowest BCUT2D eigenvalue weighted by atomic mass is 9.81.